The van der Waals surface area contributed by atoms with E-state index < -0.39 is 0 Å². The van der Waals surface area contributed by atoms with Gasteiger partial charge >= 0.3 is 0 Å². The molecule has 0 saturated carbocycles. The summed E-state index contributed by atoms with van der Waals surface area (Å²) in [6.07, 6.45) is 12.5. The zero-order valence-electron chi connectivity index (χ0n) is 23.3. The second-order valence-corrected chi connectivity index (χ2v) is 8.87. The molecule has 7 heteroatoms. The van der Waals surface area contributed by atoms with E-state index in [-0.39, 0.29) is 18.4 Å². The molecule has 1 heterocycles. The quantitative estimate of drug-likeness (QED) is 0.319. The van der Waals surface area contributed by atoms with Gasteiger partial charge in [-0.25, -0.2) is 9.97 Å². The third-order valence-corrected chi connectivity index (χ3v) is 5.93. The molecular formula is C30H41N5O2. The van der Waals surface area contributed by atoms with Crippen LogP contribution in [0.4, 0.5) is 11.5 Å². The predicted molar refractivity (Wildman–Crippen MR) is 154 cm³/mol. The standard InChI is InChI=1S/C30H41N5O2/c1-9-12-24(14-16-26(10-2)37-8)17-30(36)34-25-15-13-21(4)27(18-25)22(5)32-29-19-31-28(23(6)33-29)20-35(7)11-3/h10,12-16,18-20,22H,6,9,11,17H2,1-5,7-8H3,(H,32,33)(H,34,36)/b16-14-,24-12-,26-10+,28-20+. The number of amides is 1. The number of benzene rings is 1. The number of carbonyl (C=O) groups excluding carboxylic acids is 1. The summed E-state index contributed by atoms with van der Waals surface area (Å²) < 4.78 is 5.28. The highest BCUT2D eigenvalue weighted by atomic mass is 16.5. The van der Waals surface area contributed by atoms with Gasteiger partial charge in [0.2, 0.25) is 5.91 Å². The third-order valence-electron chi connectivity index (χ3n) is 5.93. The molecule has 1 atom stereocenters. The largest absolute Gasteiger partial charge is 0.497 e. The third kappa shape index (κ3) is 9.26. The molecule has 0 saturated heterocycles. The Morgan fingerprint density at radius 1 is 1.27 bits per heavy atom. The summed E-state index contributed by atoms with van der Waals surface area (Å²) in [6.45, 7) is 15.1. The van der Waals surface area contributed by atoms with Crippen molar-refractivity contribution in [1.29, 1.82) is 0 Å². The predicted octanol–water partition coefficient (Wildman–Crippen LogP) is 4.83. The average Bonchev–Trinajstić information content (AvgIpc) is 2.87. The van der Waals surface area contributed by atoms with E-state index >= 15 is 0 Å². The van der Waals surface area contributed by atoms with Crippen LogP contribution in [0.25, 0.3) is 12.8 Å². The van der Waals surface area contributed by atoms with E-state index in [1.807, 2.05) is 67.6 Å². The maximum atomic E-state index is 12.8. The first kappa shape index (κ1) is 29.4. The normalized spacial score (nSPS) is 13.5. The van der Waals surface area contributed by atoms with Crippen molar-refractivity contribution in [3.8, 4) is 0 Å². The van der Waals surface area contributed by atoms with E-state index in [0.29, 0.717) is 11.2 Å². The highest BCUT2D eigenvalue weighted by molar-refractivity contribution is 5.92. The number of hydrogen-bond acceptors (Lipinski definition) is 6. The van der Waals surface area contributed by atoms with E-state index in [4.69, 9.17) is 4.74 Å². The lowest BCUT2D eigenvalue weighted by molar-refractivity contribution is -0.115. The van der Waals surface area contributed by atoms with E-state index in [2.05, 4.69) is 54.9 Å². The lowest BCUT2D eigenvalue weighted by Crippen LogP contribution is -2.33. The van der Waals surface area contributed by atoms with Gasteiger partial charge in [0.15, 0.2) is 0 Å². The van der Waals surface area contributed by atoms with Gasteiger partial charge in [-0.05, 0) is 75.1 Å². The van der Waals surface area contributed by atoms with Crippen molar-refractivity contribution in [2.45, 2.75) is 53.5 Å². The zero-order chi connectivity index (χ0) is 27.4. The number of aromatic nitrogens is 2. The Morgan fingerprint density at radius 2 is 2.03 bits per heavy atom. The number of nitrogens with one attached hydrogen (secondary N) is 2. The summed E-state index contributed by atoms with van der Waals surface area (Å²) in [5.74, 6) is 1.33. The maximum Gasteiger partial charge on any atom is 0.228 e. The first-order valence-corrected chi connectivity index (χ1v) is 12.7. The van der Waals surface area contributed by atoms with Gasteiger partial charge in [0, 0.05) is 25.5 Å². The van der Waals surface area contributed by atoms with Crippen molar-refractivity contribution in [2.24, 2.45) is 0 Å². The number of ether oxygens (including phenoxy) is 1. The molecule has 7 nitrogen and oxygen atoms in total. The number of aryl methyl sites for hydroxylation is 1. The van der Waals surface area contributed by atoms with Gasteiger partial charge in [-0.15, -0.1) is 0 Å². The van der Waals surface area contributed by atoms with Crippen LogP contribution in [-0.2, 0) is 9.53 Å². The molecule has 1 aromatic heterocycles. The lowest BCUT2D eigenvalue weighted by atomic mass is 10.0. The van der Waals surface area contributed by atoms with Crippen LogP contribution >= 0.6 is 0 Å². The van der Waals surface area contributed by atoms with Gasteiger partial charge in [0.25, 0.3) is 0 Å². The van der Waals surface area contributed by atoms with Gasteiger partial charge in [0.1, 0.15) is 16.9 Å². The highest BCUT2D eigenvalue weighted by Crippen LogP contribution is 2.24. The summed E-state index contributed by atoms with van der Waals surface area (Å²) in [7, 11) is 3.62. The number of carbonyl (C=O) groups is 1. The molecule has 1 amide bonds. The summed E-state index contributed by atoms with van der Waals surface area (Å²) in [5, 5.41) is 7.82. The molecule has 198 valence electrons. The summed E-state index contributed by atoms with van der Waals surface area (Å²) >= 11 is 0. The molecule has 2 N–H and O–H groups in total. The topological polar surface area (TPSA) is 79.4 Å². The summed E-state index contributed by atoms with van der Waals surface area (Å²) in [4.78, 5) is 24.0. The van der Waals surface area contributed by atoms with E-state index in [1.165, 1.54) is 0 Å². The Labute approximate surface area is 221 Å². The molecule has 1 unspecified atom stereocenters. The van der Waals surface area contributed by atoms with Crippen LogP contribution in [0.3, 0.4) is 0 Å². The Hall–Kier alpha value is -3.87. The van der Waals surface area contributed by atoms with Crippen LogP contribution in [-0.4, -0.2) is 41.5 Å². The van der Waals surface area contributed by atoms with Crippen LogP contribution in [0.2, 0.25) is 0 Å². The van der Waals surface area contributed by atoms with Crippen LogP contribution in [0, 0.1) is 6.92 Å². The van der Waals surface area contributed by atoms with Crippen molar-refractivity contribution in [3.05, 3.63) is 81.9 Å². The van der Waals surface area contributed by atoms with Crippen molar-refractivity contribution in [2.75, 3.05) is 31.3 Å². The maximum absolute atomic E-state index is 12.8. The van der Waals surface area contributed by atoms with Gasteiger partial charge < -0.3 is 20.3 Å². The van der Waals surface area contributed by atoms with Gasteiger partial charge in [-0.1, -0.05) is 31.7 Å². The fraction of sp³-hybridized carbons (Fsp3) is 0.367. The van der Waals surface area contributed by atoms with Crippen LogP contribution in [0.15, 0.2) is 60.0 Å². The average molecular weight is 504 g/mol. The van der Waals surface area contributed by atoms with E-state index in [1.54, 1.807) is 13.3 Å². The fourth-order valence-electron chi connectivity index (χ4n) is 3.72. The monoisotopic (exact) mass is 503 g/mol. The smallest absolute Gasteiger partial charge is 0.228 e. The number of rotatable bonds is 12. The molecule has 0 aliphatic rings. The first-order chi connectivity index (χ1) is 17.7. The molecule has 0 fully saturated rings. The van der Waals surface area contributed by atoms with Crippen molar-refractivity contribution in [1.82, 2.24) is 14.9 Å². The zero-order valence-corrected chi connectivity index (χ0v) is 23.3. The molecule has 2 aromatic rings. The Morgan fingerprint density at radius 3 is 2.65 bits per heavy atom. The van der Waals surface area contributed by atoms with Crippen LogP contribution < -0.4 is 21.3 Å². The number of nitrogens with zero attached hydrogens (tertiary/aromatic N) is 3. The number of methoxy groups -OCH3 is 1. The highest BCUT2D eigenvalue weighted by Gasteiger charge is 2.12. The van der Waals surface area contributed by atoms with Crippen LogP contribution in [0.1, 0.15) is 57.7 Å². The lowest BCUT2D eigenvalue weighted by Gasteiger charge is -2.18. The molecule has 0 aliphatic carbocycles. The Balaban J connectivity index is 2.15. The SMILES string of the molecule is C=c1nc(NC(C)c2cc(NC(=O)CC(/C=C\C(=C/C)OC)=C\CC)ccc2C)cn/c1=C/N(C)CC. The second kappa shape index (κ2) is 14.6. The van der Waals surface area contributed by atoms with Gasteiger partial charge in [0.05, 0.1) is 31.1 Å². The molecule has 0 spiro atoms. The first-order valence-electron chi connectivity index (χ1n) is 12.7. The number of hydrogen-bond donors (Lipinski definition) is 2. The van der Waals surface area contributed by atoms with E-state index in [9.17, 15) is 4.79 Å². The second-order valence-electron chi connectivity index (χ2n) is 8.87. The van der Waals surface area contributed by atoms with Crippen molar-refractivity contribution >= 4 is 30.2 Å². The molecular weight excluding hydrogens is 462 g/mol. The molecule has 0 bridgehead atoms. The summed E-state index contributed by atoms with van der Waals surface area (Å²) in [5.41, 5.74) is 3.87. The molecule has 0 aliphatic heterocycles. The van der Waals surface area contributed by atoms with Crippen molar-refractivity contribution < 1.29 is 9.53 Å². The van der Waals surface area contributed by atoms with Crippen LogP contribution in [0.5, 0.6) is 0 Å². The summed E-state index contributed by atoms with van der Waals surface area (Å²) in [6, 6.07) is 5.89. The Kier molecular flexibility index (Phi) is 11.6. The molecule has 37 heavy (non-hydrogen) atoms. The van der Waals surface area contributed by atoms with E-state index in [0.717, 1.165) is 46.5 Å². The minimum absolute atomic E-state index is 0.0505. The van der Waals surface area contributed by atoms with Gasteiger partial charge in [-0.2, -0.15) is 0 Å². The van der Waals surface area contributed by atoms with Gasteiger partial charge in [-0.3, -0.25) is 4.79 Å². The van der Waals surface area contributed by atoms with Crippen molar-refractivity contribution in [3.63, 3.8) is 0 Å². The molecule has 1 aromatic carbocycles. The Bertz CT molecular complexity index is 1260. The number of anilines is 2. The number of allylic oxidation sites excluding steroid dienone is 4. The minimum Gasteiger partial charge on any atom is -0.497 e. The minimum atomic E-state index is -0.0735. The molecule has 0 radical (unpaired) electrons. The fourth-order valence-corrected chi connectivity index (χ4v) is 3.72. The molecule has 2 rings (SSSR count).